The number of esters is 2. The number of carbonyl (C=O) groups is 2. The van der Waals surface area contributed by atoms with Crippen molar-refractivity contribution < 1.29 is 35.5 Å². The Morgan fingerprint density at radius 2 is 1.25 bits per heavy atom. The molecule has 0 saturated carbocycles. The van der Waals surface area contributed by atoms with Gasteiger partial charge < -0.3 is 25.9 Å². The van der Waals surface area contributed by atoms with E-state index in [0.717, 1.165) is 0 Å². The summed E-state index contributed by atoms with van der Waals surface area (Å²) in [5.74, 6) is -0.593. The van der Waals surface area contributed by atoms with Crippen LogP contribution in [0.2, 0.25) is 38.3 Å². The average molecular weight is 413 g/mol. The lowest BCUT2D eigenvalue weighted by molar-refractivity contribution is -0.141. The predicted octanol–water partition coefficient (Wildman–Crippen LogP) is 1.04. The van der Waals surface area contributed by atoms with E-state index in [4.69, 9.17) is 25.9 Å². The Hall–Kier alpha value is -0.352. The highest BCUT2D eigenvalue weighted by Gasteiger charge is 2.47. The lowest BCUT2D eigenvalue weighted by Gasteiger charge is -2.42. The molecule has 0 radical (unpaired) electrons. The van der Waals surface area contributed by atoms with E-state index in [2.05, 4.69) is 0 Å². The van der Waals surface area contributed by atoms with Crippen LogP contribution in [0, 0.1) is 0 Å². The molecule has 1 aliphatic rings. The lowest BCUT2D eigenvalue weighted by atomic mass is 10.5. The second-order valence-corrected chi connectivity index (χ2v) is 17.6. The van der Waals surface area contributed by atoms with Crippen LogP contribution >= 0.6 is 0 Å². The first kappa shape index (κ1) is 21.7. The van der Waals surface area contributed by atoms with Gasteiger partial charge in [0.2, 0.25) is 0 Å². The molecule has 1 fully saturated rings. The minimum Gasteiger partial charge on any atom is -0.469 e. The van der Waals surface area contributed by atoms with Crippen LogP contribution in [0.4, 0.5) is 0 Å². The van der Waals surface area contributed by atoms with Crippen molar-refractivity contribution in [3.8, 4) is 0 Å². The summed E-state index contributed by atoms with van der Waals surface area (Å²) >= 11 is 0. The van der Waals surface area contributed by atoms with Crippen LogP contribution in [0.5, 0.6) is 0 Å². The fraction of sp³-hybridized carbons (Fsp3) is 0.833. The standard InChI is InChI=1S/C12H28O8Si4/c1-15-11(13)7-9-23(5)18-21(3)17-22(4)19-24(6,20-23)10-8-12(14)16-2/h21-22H,7-10H2,1-6H3. The Balaban J connectivity index is 2.88. The molecule has 0 N–H and O–H groups in total. The fourth-order valence-electron chi connectivity index (χ4n) is 2.61. The SMILES string of the molecule is COC(=O)CC[Si]1(C)O[SiH](C)O[SiH](C)O[Si](C)(CCC(=O)OC)O1. The highest BCUT2D eigenvalue weighted by molar-refractivity contribution is 6.86. The van der Waals surface area contributed by atoms with Crippen LogP contribution in [0.15, 0.2) is 0 Å². The van der Waals surface area contributed by atoms with E-state index in [1.54, 1.807) is 0 Å². The zero-order chi connectivity index (χ0) is 18.4. The van der Waals surface area contributed by atoms with Gasteiger partial charge in [0.05, 0.1) is 14.2 Å². The summed E-state index contributed by atoms with van der Waals surface area (Å²) in [4.78, 5) is 23.0. The van der Waals surface area contributed by atoms with Gasteiger partial charge in [0.25, 0.3) is 18.6 Å². The van der Waals surface area contributed by atoms with E-state index in [-0.39, 0.29) is 24.8 Å². The zero-order valence-electron chi connectivity index (χ0n) is 15.2. The third kappa shape index (κ3) is 7.26. The Morgan fingerprint density at radius 1 is 0.875 bits per heavy atom. The van der Waals surface area contributed by atoms with Gasteiger partial charge in [-0.25, -0.2) is 0 Å². The monoisotopic (exact) mass is 412 g/mol. The topological polar surface area (TPSA) is 89.5 Å². The Kier molecular flexibility index (Phi) is 8.47. The molecule has 1 aliphatic heterocycles. The van der Waals surface area contributed by atoms with Gasteiger partial charge in [-0.05, 0) is 26.2 Å². The molecule has 0 aromatic rings. The molecule has 0 amide bonds. The molecule has 0 aromatic heterocycles. The molecular formula is C12H28O8Si4. The maximum atomic E-state index is 11.5. The lowest BCUT2D eigenvalue weighted by Crippen LogP contribution is -2.59. The van der Waals surface area contributed by atoms with Gasteiger partial charge in [0.1, 0.15) is 0 Å². The number of hydrogen-bond acceptors (Lipinski definition) is 8. The van der Waals surface area contributed by atoms with Crippen molar-refractivity contribution in [2.75, 3.05) is 14.2 Å². The Morgan fingerprint density at radius 3 is 1.58 bits per heavy atom. The minimum atomic E-state index is -2.67. The maximum absolute atomic E-state index is 11.5. The maximum Gasteiger partial charge on any atom is 0.317 e. The van der Waals surface area contributed by atoms with Crippen molar-refractivity contribution in [3.05, 3.63) is 0 Å². The second-order valence-electron chi connectivity index (χ2n) is 6.03. The zero-order valence-corrected chi connectivity index (χ0v) is 19.6. The van der Waals surface area contributed by atoms with Crippen molar-refractivity contribution in [3.63, 3.8) is 0 Å². The Bertz CT molecular complexity index is 415. The molecule has 0 aliphatic carbocycles. The molecule has 8 nitrogen and oxygen atoms in total. The summed E-state index contributed by atoms with van der Waals surface area (Å²) in [5.41, 5.74) is 0. The average Bonchev–Trinajstić information content (AvgIpc) is 2.48. The first-order chi connectivity index (χ1) is 11.1. The number of rotatable bonds is 6. The molecule has 4 unspecified atom stereocenters. The number of hydrogen-bond donors (Lipinski definition) is 0. The van der Waals surface area contributed by atoms with E-state index in [1.165, 1.54) is 14.2 Å². The fourth-order valence-corrected chi connectivity index (χ4v) is 19.8. The number of carbonyl (C=O) groups excluding carboxylic acids is 2. The second kappa shape index (κ2) is 9.37. The molecule has 1 heterocycles. The van der Waals surface area contributed by atoms with E-state index in [0.29, 0.717) is 12.1 Å². The van der Waals surface area contributed by atoms with E-state index < -0.39 is 35.7 Å². The first-order valence-electron chi connectivity index (χ1n) is 7.96. The van der Waals surface area contributed by atoms with Crippen LogP contribution in [0.1, 0.15) is 12.8 Å². The van der Waals surface area contributed by atoms with Gasteiger partial charge in [-0.3, -0.25) is 9.59 Å². The molecule has 1 rings (SSSR count). The van der Waals surface area contributed by atoms with E-state index in [9.17, 15) is 9.59 Å². The van der Waals surface area contributed by atoms with Crippen molar-refractivity contribution in [1.82, 2.24) is 0 Å². The molecule has 4 atom stereocenters. The highest BCUT2D eigenvalue weighted by Crippen LogP contribution is 2.29. The van der Waals surface area contributed by atoms with Gasteiger partial charge in [-0.2, -0.15) is 0 Å². The molecule has 1 saturated heterocycles. The molecule has 0 aromatic carbocycles. The van der Waals surface area contributed by atoms with Crippen molar-refractivity contribution >= 4 is 47.6 Å². The minimum absolute atomic E-state index is 0.231. The van der Waals surface area contributed by atoms with Gasteiger partial charge in [-0.1, -0.05) is 0 Å². The van der Waals surface area contributed by atoms with Crippen molar-refractivity contribution in [2.24, 2.45) is 0 Å². The van der Waals surface area contributed by atoms with Crippen molar-refractivity contribution in [2.45, 2.75) is 51.1 Å². The number of methoxy groups -OCH3 is 2. The Labute approximate surface area is 148 Å². The number of ether oxygens (including phenoxy) is 2. The predicted molar refractivity (Wildman–Crippen MR) is 96.5 cm³/mol. The molecule has 0 spiro atoms. The van der Waals surface area contributed by atoms with Gasteiger partial charge in [0.15, 0.2) is 0 Å². The summed E-state index contributed by atoms with van der Waals surface area (Å²) < 4.78 is 34.1. The van der Waals surface area contributed by atoms with Crippen LogP contribution < -0.4 is 0 Å². The summed E-state index contributed by atoms with van der Waals surface area (Å²) in [6.07, 6.45) is 0.462. The largest absolute Gasteiger partial charge is 0.469 e. The van der Waals surface area contributed by atoms with Crippen LogP contribution in [0.3, 0.4) is 0 Å². The van der Waals surface area contributed by atoms with Gasteiger partial charge >= 0.3 is 29.1 Å². The van der Waals surface area contributed by atoms with E-state index in [1.807, 2.05) is 26.2 Å². The molecule has 12 heteroatoms. The summed E-state index contributed by atoms with van der Waals surface area (Å²) in [6, 6.07) is 0.945. The summed E-state index contributed by atoms with van der Waals surface area (Å²) in [5, 5.41) is 0. The molecule has 140 valence electrons. The van der Waals surface area contributed by atoms with Gasteiger partial charge in [-0.15, -0.1) is 0 Å². The quantitative estimate of drug-likeness (QED) is 0.472. The van der Waals surface area contributed by atoms with Crippen LogP contribution in [-0.4, -0.2) is 61.8 Å². The highest BCUT2D eigenvalue weighted by atomic mass is 28.5. The third-order valence-corrected chi connectivity index (χ3v) is 19.1. The van der Waals surface area contributed by atoms with Gasteiger partial charge in [0, 0.05) is 24.9 Å². The van der Waals surface area contributed by atoms with Crippen molar-refractivity contribution in [1.29, 1.82) is 0 Å². The van der Waals surface area contributed by atoms with Crippen LogP contribution in [0.25, 0.3) is 0 Å². The molecule has 0 bridgehead atoms. The van der Waals surface area contributed by atoms with Crippen LogP contribution in [-0.2, 0) is 35.5 Å². The molecular weight excluding hydrogens is 384 g/mol. The first-order valence-corrected chi connectivity index (χ1v) is 17.2. The summed E-state index contributed by atoms with van der Waals surface area (Å²) in [7, 11) is -6.36. The van der Waals surface area contributed by atoms with E-state index >= 15 is 0 Å². The normalized spacial score (nSPS) is 34.1. The molecule has 24 heavy (non-hydrogen) atoms. The smallest absolute Gasteiger partial charge is 0.317 e. The third-order valence-electron chi connectivity index (χ3n) is 3.67. The summed E-state index contributed by atoms with van der Waals surface area (Å²) in [6.45, 7) is 7.73.